The van der Waals surface area contributed by atoms with Crippen LogP contribution in [-0.2, 0) is 55.9 Å². The zero-order chi connectivity index (χ0) is 61.4. The summed E-state index contributed by atoms with van der Waals surface area (Å²) in [7, 11) is 4.48. The molecule has 1 heterocycles. The monoisotopic (exact) mass is 1170 g/mol. The van der Waals surface area contributed by atoms with Crippen molar-refractivity contribution in [1.82, 2.24) is 25.8 Å². The van der Waals surface area contributed by atoms with Gasteiger partial charge < -0.3 is 75.7 Å². The molecule has 82 heavy (non-hydrogen) atoms. The number of aliphatic hydroxyl groups is 1. The Morgan fingerprint density at radius 3 is 1.99 bits per heavy atom. The molecule has 0 radical (unpaired) electrons. The van der Waals surface area contributed by atoms with E-state index in [4.69, 9.17) is 30.2 Å². The van der Waals surface area contributed by atoms with Gasteiger partial charge in [0.05, 0.1) is 55.4 Å². The average Bonchev–Trinajstić information content (AvgIpc) is 3.99. The standard InChI is InChI=1S/C33H55N3O6.C26H36N5O8P/c1-10-22(4)30(35(7)28(37)19-21(2)3)27(41-8)20-29(38)36-18-14-17-26(36)32(42-9)23(5)33(40)34-24(6)31(39)25-15-12-11-13-16-25;1-16(2)22(23(28)32)30-26(36)38-15-18-6-10-20(11-7-18)31(3)40(37)39-13-12-21(25(34)35)29-24(33)19-8-4-17(14-27)5-9-19/h11-13,15-16,21-24,26-27,30-32,39H,10,14,17-20H2,1-9H3,(H,34,40);4-11,16,21-22,37H,12-15,27H2,1-3H3,(H2,28,32)(H,29,33)(H,30,36)(H,34,35). The number of hydrogen-bond donors (Lipinski definition) is 8. The average molecular weight is 1170 g/mol. The van der Waals surface area contributed by atoms with Crippen LogP contribution in [0.15, 0.2) is 78.9 Å². The van der Waals surface area contributed by atoms with Gasteiger partial charge in [-0.25, -0.2) is 9.59 Å². The molecule has 11 atom stereocenters. The maximum absolute atomic E-state index is 13.8. The fraction of sp³-hybridized carbons (Fsp3) is 0.576. The molecule has 0 spiro atoms. The second-order valence-corrected chi connectivity index (χ2v) is 22.9. The van der Waals surface area contributed by atoms with E-state index in [1.807, 2.05) is 56.1 Å². The lowest BCUT2D eigenvalue weighted by Crippen LogP contribution is -2.53. The van der Waals surface area contributed by atoms with Gasteiger partial charge in [0.25, 0.3) is 14.4 Å². The van der Waals surface area contributed by atoms with Crippen LogP contribution in [0.3, 0.4) is 0 Å². The Kier molecular flexibility index (Phi) is 29.9. The van der Waals surface area contributed by atoms with E-state index >= 15 is 0 Å². The zero-order valence-electron chi connectivity index (χ0n) is 49.8. The molecule has 1 fully saturated rings. The zero-order valence-corrected chi connectivity index (χ0v) is 50.7. The molecule has 1 aliphatic heterocycles. The topological polar surface area (TPSA) is 315 Å². The van der Waals surface area contributed by atoms with Crippen LogP contribution in [0.1, 0.15) is 127 Å². The lowest BCUT2D eigenvalue weighted by molar-refractivity contribution is -0.146. The number of anilines is 1. The summed E-state index contributed by atoms with van der Waals surface area (Å²) in [6, 6.07) is 19.4. The molecule has 3 aromatic rings. The summed E-state index contributed by atoms with van der Waals surface area (Å²) < 4.78 is 23.8. The smallest absolute Gasteiger partial charge is 0.408 e. The fourth-order valence-corrected chi connectivity index (χ4v) is 10.4. The summed E-state index contributed by atoms with van der Waals surface area (Å²) in [6.45, 7) is 16.0. The first-order chi connectivity index (χ1) is 38.8. The van der Waals surface area contributed by atoms with Gasteiger partial charge in [-0.2, -0.15) is 0 Å². The Balaban J connectivity index is 0.000000431. The molecule has 0 bridgehead atoms. The number of nitrogens with two attached hydrogens (primary N) is 2. The summed E-state index contributed by atoms with van der Waals surface area (Å²) in [6.07, 6.45) is 0.305. The number of aliphatic hydroxyl groups excluding tert-OH is 1. The molecule has 456 valence electrons. The van der Waals surface area contributed by atoms with Gasteiger partial charge in [0.2, 0.25) is 23.6 Å². The summed E-state index contributed by atoms with van der Waals surface area (Å²) in [5, 5.41) is 28.0. The minimum atomic E-state index is -2.11. The van der Waals surface area contributed by atoms with E-state index in [9.17, 15) is 48.7 Å². The number of alkyl carbamates (subject to hydrolysis) is 1. The van der Waals surface area contributed by atoms with Crippen molar-refractivity contribution < 1.29 is 67.4 Å². The normalized spacial score (nSPS) is 16.8. The lowest BCUT2D eigenvalue weighted by atomic mass is 9.90. The summed E-state index contributed by atoms with van der Waals surface area (Å²) in [5.41, 5.74) is 14.0. The number of hydrogen-bond acceptors (Lipinski definition) is 15. The molecule has 0 aromatic heterocycles. The second kappa shape index (κ2) is 35.0. The predicted molar refractivity (Wildman–Crippen MR) is 314 cm³/mol. The number of carboxylic acids is 1. The molecular weight excluding hydrogens is 1080 g/mol. The van der Waals surface area contributed by atoms with Gasteiger partial charge >= 0.3 is 12.1 Å². The third-order valence-electron chi connectivity index (χ3n) is 14.7. The number of ether oxygens (including phenoxy) is 3. The fourth-order valence-electron chi connectivity index (χ4n) is 9.61. The molecule has 23 heteroatoms. The second-order valence-electron chi connectivity index (χ2n) is 21.6. The van der Waals surface area contributed by atoms with Crippen molar-refractivity contribution in [3.8, 4) is 0 Å². The number of carbonyl (C=O) groups is 7. The van der Waals surface area contributed by atoms with E-state index in [1.165, 1.54) is 4.67 Å². The van der Waals surface area contributed by atoms with E-state index < -0.39 is 74.8 Å². The van der Waals surface area contributed by atoms with Gasteiger partial charge in [-0.05, 0) is 78.5 Å². The van der Waals surface area contributed by atoms with Crippen LogP contribution in [0.5, 0.6) is 0 Å². The third kappa shape index (κ3) is 21.5. The number of aliphatic carboxylic acids is 1. The number of likely N-dealkylation sites (tertiary alicyclic amines) is 1. The van der Waals surface area contributed by atoms with Crippen molar-refractivity contribution in [2.24, 2.45) is 35.1 Å². The third-order valence-corrected chi connectivity index (χ3v) is 15.9. The van der Waals surface area contributed by atoms with E-state index in [0.717, 1.165) is 30.4 Å². The van der Waals surface area contributed by atoms with Gasteiger partial charge in [0.1, 0.15) is 18.7 Å². The van der Waals surface area contributed by atoms with Crippen molar-refractivity contribution in [2.75, 3.05) is 46.1 Å². The minimum absolute atomic E-state index is 0.0507. The number of primary amides is 1. The predicted octanol–water partition coefficient (Wildman–Crippen LogP) is 6.02. The highest BCUT2D eigenvalue weighted by atomic mass is 31.2. The number of nitrogens with one attached hydrogen (secondary N) is 3. The maximum Gasteiger partial charge on any atom is 0.408 e. The highest BCUT2D eigenvalue weighted by Gasteiger charge is 2.42. The van der Waals surface area contributed by atoms with E-state index in [0.29, 0.717) is 36.3 Å². The molecule has 1 aliphatic rings. The first kappa shape index (κ1) is 70.0. The summed E-state index contributed by atoms with van der Waals surface area (Å²) >= 11 is 0. The Bertz CT molecular complexity index is 2480. The van der Waals surface area contributed by atoms with Crippen LogP contribution >= 0.6 is 8.53 Å². The number of nitrogens with zero attached hydrogens (tertiary/aromatic N) is 3. The van der Waals surface area contributed by atoms with Gasteiger partial charge in [-0.1, -0.05) is 109 Å². The highest BCUT2D eigenvalue weighted by Crippen LogP contribution is 2.39. The van der Waals surface area contributed by atoms with Crippen molar-refractivity contribution in [3.05, 3.63) is 101 Å². The largest absolute Gasteiger partial charge is 0.480 e. The van der Waals surface area contributed by atoms with Crippen molar-refractivity contribution in [3.63, 3.8) is 0 Å². The van der Waals surface area contributed by atoms with Gasteiger partial charge in [-0.3, -0.25) is 24.0 Å². The van der Waals surface area contributed by atoms with Crippen LogP contribution in [0.4, 0.5) is 10.5 Å². The van der Waals surface area contributed by atoms with E-state index in [-0.39, 0.29) is 73.6 Å². The number of benzene rings is 3. The molecular formula is C59H91N8O14P. The maximum atomic E-state index is 13.8. The molecule has 3 aromatic carbocycles. The Morgan fingerprint density at radius 1 is 0.829 bits per heavy atom. The summed E-state index contributed by atoms with van der Waals surface area (Å²) in [5.74, 6) is -3.05. The molecule has 0 aliphatic carbocycles. The number of rotatable bonds is 31. The van der Waals surface area contributed by atoms with Crippen LogP contribution in [0.25, 0.3) is 0 Å². The van der Waals surface area contributed by atoms with Crippen LogP contribution in [0.2, 0.25) is 0 Å². The Morgan fingerprint density at radius 2 is 1.45 bits per heavy atom. The van der Waals surface area contributed by atoms with Gasteiger partial charge in [0.15, 0.2) is 0 Å². The number of likely N-dealkylation sites (N-methyl/N-ethyl adjacent to an activating group) is 1. The Labute approximate surface area is 485 Å². The van der Waals surface area contributed by atoms with Gasteiger partial charge in [-0.15, -0.1) is 0 Å². The quantitative estimate of drug-likeness (QED) is 0.0342. The van der Waals surface area contributed by atoms with Crippen LogP contribution < -0.4 is 32.1 Å². The first-order valence-corrected chi connectivity index (χ1v) is 29.1. The van der Waals surface area contributed by atoms with E-state index in [1.54, 1.807) is 102 Å². The lowest BCUT2D eigenvalue weighted by Gasteiger charge is -2.39. The molecule has 11 unspecified atom stereocenters. The van der Waals surface area contributed by atoms with Crippen molar-refractivity contribution in [1.29, 1.82) is 0 Å². The van der Waals surface area contributed by atoms with Crippen molar-refractivity contribution in [2.45, 2.75) is 156 Å². The van der Waals surface area contributed by atoms with E-state index in [2.05, 4.69) is 29.8 Å². The van der Waals surface area contributed by atoms with Gasteiger partial charge in [0, 0.05) is 65.5 Å². The summed E-state index contributed by atoms with van der Waals surface area (Å²) in [4.78, 5) is 102. The molecule has 10 N–H and O–H groups in total. The Hall–Kier alpha value is -6.26. The first-order valence-electron chi connectivity index (χ1n) is 27.9. The number of methoxy groups -OCH3 is 2. The minimum Gasteiger partial charge on any atom is -0.480 e. The van der Waals surface area contributed by atoms with Crippen molar-refractivity contribution >= 4 is 55.8 Å². The SMILES string of the molecule is CC(C)C(NC(=O)OCc1ccc(N(C)P(O)OCCC(NC(=O)c2ccc(CN)cc2)C(=O)O)cc1)C(N)=O.CCC(C)C(C(CC(=O)N1CCCC1C(OC)C(C)C(=O)NC(C)C(O)c1ccccc1)OC)N(C)C(=O)CC(C)C. The van der Waals surface area contributed by atoms with Crippen LogP contribution in [0, 0.1) is 23.7 Å². The molecule has 4 rings (SSSR count). The highest BCUT2D eigenvalue weighted by molar-refractivity contribution is 7.48. The molecule has 1 saturated heterocycles. The molecule has 0 saturated carbocycles. The number of amides is 6. The van der Waals surface area contributed by atoms with Crippen LogP contribution in [-0.4, -0.2) is 150 Å². The molecule has 22 nitrogen and oxygen atoms in total. The molecule has 6 amide bonds. The number of carboxylic acid groups (broad SMARTS) is 1. The number of carbonyl (C=O) groups excluding carboxylic acids is 6.